The van der Waals surface area contributed by atoms with Crippen LogP contribution in [0, 0.1) is 6.92 Å². The lowest BCUT2D eigenvalue weighted by atomic mass is 10.4. The number of pyridine rings is 1. The summed E-state index contributed by atoms with van der Waals surface area (Å²) in [5.74, 6) is 2.00. The molecule has 0 amide bonds. The summed E-state index contributed by atoms with van der Waals surface area (Å²) in [7, 11) is 0. The van der Waals surface area contributed by atoms with E-state index in [2.05, 4.69) is 16.0 Å². The summed E-state index contributed by atoms with van der Waals surface area (Å²) in [4.78, 5) is 9.86. The number of thiazole rings is 1. The highest BCUT2D eigenvalue weighted by Crippen LogP contribution is 2.20. The van der Waals surface area contributed by atoms with Crippen molar-refractivity contribution >= 4 is 23.1 Å². The molecule has 2 aromatic rings. The number of rotatable bonds is 4. The first-order valence-electron chi connectivity index (χ1n) is 4.73. The van der Waals surface area contributed by atoms with Crippen molar-refractivity contribution in [1.82, 2.24) is 9.97 Å². The molecule has 4 heteroatoms. The largest absolute Gasteiger partial charge is 0.260 e. The smallest absolute Gasteiger partial charge is 0.0897 e. The maximum absolute atomic E-state index is 4.28. The van der Waals surface area contributed by atoms with Crippen LogP contribution >= 0.6 is 23.1 Å². The number of nitrogens with zero attached hydrogens (tertiary/aromatic N) is 2. The molecule has 0 saturated heterocycles. The van der Waals surface area contributed by atoms with Crippen LogP contribution in [0.2, 0.25) is 0 Å². The molecule has 2 rings (SSSR count). The van der Waals surface area contributed by atoms with Crippen LogP contribution in [0.1, 0.15) is 15.6 Å². The molecule has 0 aliphatic heterocycles. The lowest BCUT2D eigenvalue weighted by molar-refractivity contribution is 1.17. The summed E-state index contributed by atoms with van der Waals surface area (Å²) in [6.45, 7) is 2.04. The summed E-state index contributed by atoms with van der Waals surface area (Å²) in [5, 5.41) is 1.14. The van der Waals surface area contributed by atoms with Gasteiger partial charge in [-0.1, -0.05) is 6.07 Å². The summed E-state index contributed by atoms with van der Waals surface area (Å²) >= 11 is 3.65. The van der Waals surface area contributed by atoms with Gasteiger partial charge in [0, 0.05) is 28.8 Å². The van der Waals surface area contributed by atoms with Crippen molar-refractivity contribution in [3.8, 4) is 0 Å². The van der Waals surface area contributed by atoms with E-state index in [0.29, 0.717) is 0 Å². The zero-order valence-corrected chi connectivity index (χ0v) is 10.1. The van der Waals surface area contributed by atoms with Crippen LogP contribution in [-0.4, -0.2) is 9.97 Å². The van der Waals surface area contributed by atoms with Gasteiger partial charge in [0.2, 0.25) is 0 Å². The van der Waals surface area contributed by atoms with Gasteiger partial charge in [-0.3, -0.25) is 4.98 Å². The van der Waals surface area contributed by atoms with E-state index in [0.717, 1.165) is 22.2 Å². The molecule has 2 nitrogen and oxygen atoms in total. The molecule has 0 aromatic carbocycles. The second-order valence-electron chi connectivity index (χ2n) is 3.16. The lowest BCUT2D eigenvalue weighted by Gasteiger charge is -1.98. The van der Waals surface area contributed by atoms with Crippen LogP contribution < -0.4 is 0 Å². The van der Waals surface area contributed by atoms with Gasteiger partial charge in [-0.2, -0.15) is 0 Å². The normalized spacial score (nSPS) is 10.5. The Kier molecular flexibility index (Phi) is 3.75. The molecule has 0 unspecified atom stereocenters. The number of thioether (sulfide) groups is 1. The minimum atomic E-state index is 0.970. The van der Waals surface area contributed by atoms with Crippen LogP contribution in [-0.2, 0) is 11.5 Å². The molecule has 0 aliphatic rings. The van der Waals surface area contributed by atoms with Crippen LogP contribution in [0.3, 0.4) is 0 Å². The molecular weight excluding hydrogens is 224 g/mol. The van der Waals surface area contributed by atoms with Gasteiger partial charge in [0.15, 0.2) is 0 Å². The Bertz CT molecular complexity index is 412. The first-order chi connectivity index (χ1) is 7.34. The number of aromatic nitrogens is 2. The first-order valence-corrected chi connectivity index (χ1v) is 6.70. The molecule has 2 heterocycles. The molecule has 2 aromatic heterocycles. The number of hydrogen-bond donors (Lipinski definition) is 0. The highest BCUT2D eigenvalue weighted by Gasteiger charge is 1.99. The molecular formula is C11H12N2S2. The number of aryl methyl sites for hydroxylation is 1. The van der Waals surface area contributed by atoms with Crippen LogP contribution in [0.5, 0.6) is 0 Å². The van der Waals surface area contributed by atoms with E-state index in [4.69, 9.17) is 0 Å². The summed E-state index contributed by atoms with van der Waals surface area (Å²) in [6, 6.07) is 6.03. The van der Waals surface area contributed by atoms with Crippen molar-refractivity contribution in [1.29, 1.82) is 0 Å². The topological polar surface area (TPSA) is 25.8 Å². The fourth-order valence-corrected chi connectivity index (χ4v) is 3.05. The van der Waals surface area contributed by atoms with Crippen molar-refractivity contribution in [2.45, 2.75) is 18.4 Å². The molecule has 0 fully saturated rings. The van der Waals surface area contributed by atoms with Gasteiger partial charge in [-0.25, -0.2) is 4.98 Å². The Morgan fingerprint density at radius 2 is 2.20 bits per heavy atom. The van der Waals surface area contributed by atoms with Crippen molar-refractivity contribution in [3.63, 3.8) is 0 Å². The van der Waals surface area contributed by atoms with Gasteiger partial charge in [0.25, 0.3) is 0 Å². The monoisotopic (exact) mass is 236 g/mol. The molecule has 0 spiro atoms. The summed E-state index contributed by atoms with van der Waals surface area (Å²) in [5.41, 5.74) is 1.14. The minimum Gasteiger partial charge on any atom is -0.260 e. The molecule has 15 heavy (non-hydrogen) atoms. The Labute approximate surface area is 97.8 Å². The molecule has 78 valence electrons. The van der Waals surface area contributed by atoms with Crippen LogP contribution in [0.15, 0.2) is 30.6 Å². The Morgan fingerprint density at radius 1 is 1.27 bits per heavy atom. The molecule has 0 radical (unpaired) electrons. The first kappa shape index (κ1) is 10.6. The van der Waals surface area contributed by atoms with Crippen LogP contribution in [0.25, 0.3) is 0 Å². The predicted octanol–water partition coefficient (Wildman–Crippen LogP) is 3.28. The van der Waals surface area contributed by atoms with Gasteiger partial charge in [-0.15, -0.1) is 23.1 Å². The maximum atomic E-state index is 4.28. The van der Waals surface area contributed by atoms with Crippen molar-refractivity contribution in [3.05, 3.63) is 46.2 Å². The highest BCUT2D eigenvalue weighted by atomic mass is 32.2. The van der Waals surface area contributed by atoms with E-state index in [9.17, 15) is 0 Å². The average Bonchev–Trinajstić information content (AvgIpc) is 2.66. The fourth-order valence-electron chi connectivity index (χ4n) is 1.21. The van der Waals surface area contributed by atoms with Gasteiger partial charge in [0.1, 0.15) is 0 Å². The minimum absolute atomic E-state index is 0.970. The molecule has 0 N–H and O–H groups in total. The third kappa shape index (κ3) is 3.32. The van der Waals surface area contributed by atoms with Gasteiger partial charge < -0.3 is 0 Å². The quantitative estimate of drug-likeness (QED) is 0.814. The Morgan fingerprint density at radius 3 is 2.87 bits per heavy atom. The van der Waals surface area contributed by atoms with Crippen LogP contribution in [0.4, 0.5) is 0 Å². The fraction of sp³-hybridized carbons (Fsp3) is 0.273. The third-order valence-corrected chi connectivity index (χ3v) is 4.00. The maximum Gasteiger partial charge on any atom is 0.0897 e. The van der Waals surface area contributed by atoms with Gasteiger partial charge >= 0.3 is 0 Å². The molecule has 0 aliphatic carbocycles. The average molecular weight is 236 g/mol. The summed E-state index contributed by atoms with van der Waals surface area (Å²) < 4.78 is 0. The number of hydrogen-bond acceptors (Lipinski definition) is 4. The molecule has 0 atom stereocenters. The van der Waals surface area contributed by atoms with E-state index in [1.165, 1.54) is 4.88 Å². The summed E-state index contributed by atoms with van der Waals surface area (Å²) in [6.07, 6.45) is 3.80. The lowest BCUT2D eigenvalue weighted by Crippen LogP contribution is -1.84. The zero-order valence-electron chi connectivity index (χ0n) is 8.51. The van der Waals surface area contributed by atoms with Crippen molar-refractivity contribution in [2.24, 2.45) is 0 Å². The van der Waals surface area contributed by atoms with Gasteiger partial charge in [-0.05, 0) is 19.1 Å². The third-order valence-electron chi connectivity index (χ3n) is 1.89. The van der Waals surface area contributed by atoms with Gasteiger partial charge in [0.05, 0.1) is 10.7 Å². The van der Waals surface area contributed by atoms with Crippen molar-refractivity contribution in [2.75, 3.05) is 0 Å². The standard InChI is InChI=1S/C11H12N2S2/c1-9-13-6-11(15-9)8-14-7-10-4-2-3-5-12-10/h2-6H,7-8H2,1H3. The van der Waals surface area contributed by atoms with Crippen molar-refractivity contribution < 1.29 is 0 Å². The Balaban J connectivity index is 1.80. The predicted molar refractivity (Wildman–Crippen MR) is 66.1 cm³/mol. The highest BCUT2D eigenvalue weighted by molar-refractivity contribution is 7.97. The Hall–Kier alpha value is -0.870. The molecule has 0 bridgehead atoms. The van der Waals surface area contributed by atoms with E-state index < -0.39 is 0 Å². The zero-order chi connectivity index (χ0) is 10.5. The second-order valence-corrected chi connectivity index (χ2v) is 5.46. The van der Waals surface area contributed by atoms with E-state index in [1.807, 2.05) is 43.2 Å². The SMILES string of the molecule is Cc1ncc(CSCc2ccccn2)s1. The van der Waals surface area contributed by atoms with E-state index >= 15 is 0 Å². The van der Waals surface area contributed by atoms with E-state index in [-0.39, 0.29) is 0 Å². The molecule has 0 saturated carbocycles. The second kappa shape index (κ2) is 5.28. The van der Waals surface area contributed by atoms with E-state index in [1.54, 1.807) is 11.3 Å².